The second-order valence-electron chi connectivity index (χ2n) is 6.05. The van der Waals surface area contributed by atoms with Crippen LogP contribution in [-0.4, -0.2) is 17.6 Å². The van der Waals surface area contributed by atoms with Gasteiger partial charge < -0.3 is 9.72 Å². The molecule has 0 radical (unpaired) electrons. The van der Waals surface area contributed by atoms with Gasteiger partial charge in [-0.25, -0.2) is 4.79 Å². The van der Waals surface area contributed by atoms with Gasteiger partial charge in [0.1, 0.15) is 5.56 Å². The highest BCUT2D eigenvalue weighted by Crippen LogP contribution is 2.27. The molecule has 0 fully saturated rings. The highest BCUT2D eigenvalue weighted by atomic mass is 16.5. The molecule has 0 amide bonds. The van der Waals surface area contributed by atoms with Crippen LogP contribution in [0.3, 0.4) is 0 Å². The van der Waals surface area contributed by atoms with Crippen molar-refractivity contribution in [2.75, 3.05) is 6.61 Å². The second kappa shape index (κ2) is 6.77. The lowest BCUT2D eigenvalue weighted by molar-refractivity contribution is 0.0524. The Kier molecular flexibility index (Phi) is 5.01. The smallest absolute Gasteiger partial charge is 0.343 e. The Bertz CT molecular complexity index is 731. The van der Waals surface area contributed by atoms with Gasteiger partial charge in [-0.05, 0) is 36.8 Å². The zero-order chi connectivity index (χ0) is 16.3. The van der Waals surface area contributed by atoms with Crippen LogP contribution in [0.4, 0.5) is 0 Å². The van der Waals surface area contributed by atoms with Gasteiger partial charge in [0.05, 0.1) is 12.1 Å². The van der Waals surface area contributed by atoms with Gasteiger partial charge in [-0.1, -0.05) is 32.9 Å². The fraction of sp³-hybridized carbons (Fsp3) is 0.444. The van der Waals surface area contributed by atoms with Crippen molar-refractivity contribution in [1.29, 1.82) is 0 Å². The number of aromatic amines is 1. The number of nitrogens with one attached hydrogen (secondary N) is 1. The van der Waals surface area contributed by atoms with Crippen molar-refractivity contribution in [1.82, 2.24) is 4.98 Å². The molecular weight excluding hydrogens is 278 g/mol. The Hall–Kier alpha value is -2.10. The molecule has 22 heavy (non-hydrogen) atoms. The molecule has 118 valence electrons. The first-order chi connectivity index (χ1) is 10.5. The highest BCUT2D eigenvalue weighted by Gasteiger charge is 2.17. The second-order valence-corrected chi connectivity index (χ2v) is 6.05. The molecule has 2 rings (SSSR count). The summed E-state index contributed by atoms with van der Waals surface area (Å²) in [6, 6.07) is 5.66. The lowest BCUT2D eigenvalue weighted by Crippen LogP contribution is -2.18. The Morgan fingerprint density at radius 2 is 2.00 bits per heavy atom. The maximum absolute atomic E-state index is 12.5. The largest absolute Gasteiger partial charge is 0.462 e. The molecule has 1 aromatic carbocycles. The Morgan fingerprint density at radius 1 is 1.27 bits per heavy atom. The normalized spacial score (nSPS) is 12.6. The van der Waals surface area contributed by atoms with Gasteiger partial charge in [-0.3, -0.25) is 4.79 Å². The number of rotatable bonds is 5. The van der Waals surface area contributed by atoms with Crippen molar-refractivity contribution < 1.29 is 9.53 Å². The monoisotopic (exact) mass is 301 g/mol. The summed E-state index contributed by atoms with van der Waals surface area (Å²) in [6.07, 6.45) is 2.51. The minimum absolute atomic E-state index is 0.0583. The van der Waals surface area contributed by atoms with Gasteiger partial charge in [0.2, 0.25) is 5.43 Å². The number of H-pyrrole nitrogens is 1. The van der Waals surface area contributed by atoms with E-state index < -0.39 is 5.97 Å². The average molecular weight is 301 g/mol. The number of carbonyl (C=O) groups excluding carboxylic acids is 1. The standard InChI is InChI=1S/C18H23NO3/c1-5-22-18(21)15-10-19-16-13(12(4)9-11(2)3)7-6-8-14(16)17(15)20/h6-8,10-12H,5,9H2,1-4H3,(H,19,20). The summed E-state index contributed by atoms with van der Waals surface area (Å²) in [7, 11) is 0. The number of hydrogen-bond donors (Lipinski definition) is 1. The first-order valence-corrected chi connectivity index (χ1v) is 7.77. The van der Waals surface area contributed by atoms with Crippen LogP contribution in [0.5, 0.6) is 0 Å². The molecule has 4 heteroatoms. The van der Waals surface area contributed by atoms with E-state index in [9.17, 15) is 9.59 Å². The third-order valence-electron chi connectivity index (χ3n) is 3.80. The van der Waals surface area contributed by atoms with Crippen molar-refractivity contribution in [2.45, 2.75) is 40.0 Å². The molecule has 0 aliphatic carbocycles. The molecular formula is C18H23NO3. The van der Waals surface area contributed by atoms with E-state index in [-0.39, 0.29) is 17.6 Å². The first-order valence-electron chi connectivity index (χ1n) is 7.77. The molecule has 1 heterocycles. The van der Waals surface area contributed by atoms with E-state index in [0.29, 0.717) is 17.2 Å². The molecule has 0 aliphatic heterocycles. The zero-order valence-corrected chi connectivity index (χ0v) is 13.6. The van der Waals surface area contributed by atoms with Crippen LogP contribution in [0.1, 0.15) is 56.0 Å². The molecule has 1 aromatic heterocycles. The number of hydrogen-bond acceptors (Lipinski definition) is 3. The zero-order valence-electron chi connectivity index (χ0n) is 13.6. The van der Waals surface area contributed by atoms with Crippen molar-refractivity contribution in [3.8, 4) is 0 Å². The fourth-order valence-electron chi connectivity index (χ4n) is 2.88. The van der Waals surface area contributed by atoms with Gasteiger partial charge in [0, 0.05) is 11.6 Å². The SMILES string of the molecule is CCOC(=O)c1c[nH]c2c(C(C)CC(C)C)cccc2c1=O. The van der Waals surface area contributed by atoms with E-state index >= 15 is 0 Å². The van der Waals surface area contributed by atoms with E-state index in [4.69, 9.17) is 4.74 Å². The van der Waals surface area contributed by atoms with Gasteiger partial charge in [0.25, 0.3) is 0 Å². The number of pyridine rings is 1. The number of ether oxygens (including phenoxy) is 1. The summed E-state index contributed by atoms with van der Waals surface area (Å²) in [6.45, 7) is 8.50. The lowest BCUT2D eigenvalue weighted by Gasteiger charge is -2.16. The number of benzene rings is 1. The maximum atomic E-state index is 12.5. The summed E-state index contributed by atoms with van der Waals surface area (Å²) in [5, 5.41) is 0.540. The average Bonchev–Trinajstić information content (AvgIpc) is 2.46. The highest BCUT2D eigenvalue weighted by molar-refractivity contribution is 5.94. The quantitative estimate of drug-likeness (QED) is 0.853. The third kappa shape index (κ3) is 3.21. The number of para-hydroxylation sites is 1. The van der Waals surface area contributed by atoms with Crippen molar-refractivity contribution in [3.05, 3.63) is 45.7 Å². The molecule has 2 aromatic rings. The van der Waals surface area contributed by atoms with E-state index in [0.717, 1.165) is 17.5 Å². The molecule has 4 nitrogen and oxygen atoms in total. The van der Waals surface area contributed by atoms with Crippen LogP contribution < -0.4 is 5.43 Å². The molecule has 0 saturated carbocycles. The number of fused-ring (bicyclic) bond motifs is 1. The van der Waals surface area contributed by atoms with E-state index in [1.54, 1.807) is 13.0 Å². The summed E-state index contributed by atoms with van der Waals surface area (Å²) in [5.41, 5.74) is 1.71. The number of aromatic nitrogens is 1. The molecule has 0 bridgehead atoms. The lowest BCUT2D eigenvalue weighted by atomic mass is 9.90. The Morgan fingerprint density at radius 3 is 2.64 bits per heavy atom. The minimum atomic E-state index is -0.578. The van der Waals surface area contributed by atoms with Crippen LogP contribution >= 0.6 is 0 Å². The van der Waals surface area contributed by atoms with Gasteiger partial charge in [-0.2, -0.15) is 0 Å². The fourth-order valence-corrected chi connectivity index (χ4v) is 2.88. The van der Waals surface area contributed by atoms with Crippen molar-refractivity contribution in [3.63, 3.8) is 0 Å². The molecule has 1 atom stereocenters. The van der Waals surface area contributed by atoms with Gasteiger partial charge >= 0.3 is 5.97 Å². The first kappa shape index (κ1) is 16.3. The molecule has 0 aliphatic rings. The van der Waals surface area contributed by atoms with E-state index in [1.807, 2.05) is 12.1 Å². The van der Waals surface area contributed by atoms with Gasteiger partial charge in [0.15, 0.2) is 0 Å². The number of esters is 1. The summed E-state index contributed by atoms with van der Waals surface area (Å²) in [5.74, 6) is 0.342. The van der Waals surface area contributed by atoms with Crippen molar-refractivity contribution in [2.24, 2.45) is 5.92 Å². The molecule has 1 unspecified atom stereocenters. The molecule has 0 spiro atoms. The number of carbonyl (C=O) groups is 1. The van der Waals surface area contributed by atoms with E-state index in [1.165, 1.54) is 6.20 Å². The van der Waals surface area contributed by atoms with Crippen LogP contribution in [-0.2, 0) is 4.74 Å². The Labute approximate surface area is 130 Å². The summed E-state index contributed by atoms with van der Waals surface area (Å²) in [4.78, 5) is 27.5. The topological polar surface area (TPSA) is 59.2 Å². The summed E-state index contributed by atoms with van der Waals surface area (Å²) < 4.78 is 4.93. The van der Waals surface area contributed by atoms with Crippen LogP contribution in [0, 0.1) is 5.92 Å². The summed E-state index contributed by atoms with van der Waals surface area (Å²) >= 11 is 0. The minimum Gasteiger partial charge on any atom is -0.462 e. The molecule has 0 saturated heterocycles. The molecule has 1 N–H and O–H groups in total. The van der Waals surface area contributed by atoms with Crippen molar-refractivity contribution >= 4 is 16.9 Å². The predicted octanol–water partition coefficient (Wildman–Crippen LogP) is 3.85. The van der Waals surface area contributed by atoms with Gasteiger partial charge in [-0.15, -0.1) is 0 Å². The predicted molar refractivity (Wildman–Crippen MR) is 88.4 cm³/mol. The van der Waals surface area contributed by atoms with E-state index in [2.05, 4.69) is 25.8 Å². The van der Waals surface area contributed by atoms with Crippen LogP contribution in [0.2, 0.25) is 0 Å². The third-order valence-corrected chi connectivity index (χ3v) is 3.80. The Balaban J connectivity index is 2.54. The maximum Gasteiger partial charge on any atom is 0.343 e. The van der Waals surface area contributed by atoms with Crippen LogP contribution in [0.15, 0.2) is 29.2 Å². The van der Waals surface area contributed by atoms with Crippen LogP contribution in [0.25, 0.3) is 10.9 Å².